The van der Waals surface area contributed by atoms with Gasteiger partial charge in [-0.05, 0) is 19.1 Å². The van der Waals surface area contributed by atoms with Crippen LogP contribution in [0.15, 0.2) is 22.9 Å². The molecule has 23 heavy (non-hydrogen) atoms. The molecule has 1 aliphatic rings. The average molecular weight is 338 g/mol. The fourth-order valence-corrected chi connectivity index (χ4v) is 3.47. The van der Waals surface area contributed by atoms with E-state index in [9.17, 15) is 8.42 Å². The Morgan fingerprint density at radius 3 is 2.87 bits per heavy atom. The van der Waals surface area contributed by atoms with Crippen molar-refractivity contribution in [3.63, 3.8) is 0 Å². The van der Waals surface area contributed by atoms with Gasteiger partial charge in [-0.2, -0.15) is 0 Å². The normalized spacial score (nSPS) is 19.0. The molecule has 7 nitrogen and oxygen atoms in total. The molecule has 8 heteroatoms. The zero-order chi connectivity index (χ0) is 16.6. The van der Waals surface area contributed by atoms with E-state index in [1.807, 2.05) is 37.0 Å². The van der Waals surface area contributed by atoms with Crippen LogP contribution in [0, 0.1) is 6.92 Å². The third-order valence-corrected chi connectivity index (χ3v) is 4.87. The van der Waals surface area contributed by atoms with Crippen LogP contribution in [0.1, 0.15) is 22.9 Å². The molecule has 0 amide bonds. The maximum absolute atomic E-state index is 11.4. The van der Waals surface area contributed by atoms with Gasteiger partial charge in [0.15, 0.2) is 0 Å². The molecule has 0 saturated carbocycles. The van der Waals surface area contributed by atoms with Crippen LogP contribution in [0.2, 0.25) is 0 Å². The predicted molar refractivity (Wildman–Crippen MR) is 86.2 cm³/mol. The molecule has 2 aromatic heterocycles. The number of hydrogen-bond donors (Lipinski definition) is 1. The number of aryl methyl sites for hydroxylation is 2. The zero-order valence-corrected chi connectivity index (χ0v) is 14.4. The summed E-state index contributed by atoms with van der Waals surface area (Å²) < 4.78 is 33.2. The molecule has 0 unspecified atom stereocenters. The number of nitrogens with zero attached hydrogens (tertiary/aromatic N) is 3. The van der Waals surface area contributed by atoms with Gasteiger partial charge in [0.25, 0.3) is 0 Å². The van der Waals surface area contributed by atoms with Gasteiger partial charge in [0, 0.05) is 38.3 Å². The molecule has 0 bridgehead atoms. The van der Waals surface area contributed by atoms with Crippen LogP contribution in [0.25, 0.3) is 0 Å². The summed E-state index contributed by atoms with van der Waals surface area (Å²) in [6.45, 7) is 3.62. The van der Waals surface area contributed by atoms with Gasteiger partial charge in [0.1, 0.15) is 11.5 Å². The number of aromatic nitrogens is 2. The molecule has 0 aromatic carbocycles. The lowest BCUT2D eigenvalue weighted by molar-refractivity contribution is 0.147. The number of nitrogens with one attached hydrogen (secondary N) is 1. The number of imidazole rings is 1. The van der Waals surface area contributed by atoms with Crippen LogP contribution in [0.5, 0.6) is 0 Å². The molecule has 126 valence electrons. The number of furan rings is 1. The van der Waals surface area contributed by atoms with Gasteiger partial charge in [-0.1, -0.05) is 0 Å². The summed E-state index contributed by atoms with van der Waals surface area (Å²) in [4.78, 5) is 6.66. The largest absolute Gasteiger partial charge is 0.465 e. The molecule has 1 N–H and O–H groups in total. The van der Waals surface area contributed by atoms with Crippen molar-refractivity contribution >= 4 is 10.0 Å². The molecule has 1 atom stereocenters. The minimum atomic E-state index is -3.21. The molecular formula is C15H22N4O3S. The molecule has 1 aliphatic heterocycles. The first-order valence-corrected chi connectivity index (χ1v) is 9.44. The lowest BCUT2D eigenvalue weighted by Gasteiger charge is -2.34. The fourth-order valence-electron chi connectivity index (χ4n) is 2.98. The Morgan fingerprint density at radius 2 is 2.22 bits per heavy atom. The predicted octanol–water partition coefficient (Wildman–Crippen LogP) is 0.798. The Balaban J connectivity index is 1.80. The van der Waals surface area contributed by atoms with Crippen LogP contribution >= 0.6 is 0 Å². The topological polar surface area (TPSA) is 80.4 Å². The summed E-state index contributed by atoms with van der Waals surface area (Å²) in [6, 6.07) is 3.97. The maximum atomic E-state index is 11.4. The SMILES string of the molecule is Cc1ccc(CN2Cc3ncn(C)c3C[C@@H]2CNS(C)(=O)=O)o1. The molecule has 0 spiro atoms. The van der Waals surface area contributed by atoms with Gasteiger partial charge in [-0.25, -0.2) is 18.1 Å². The standard InChI is InChI=1S/C15H22N4O3S/c1-11-4-5-13(22-11)8-19-9-14-15(18(2)10-16-14)6-12(19)7-17-23(3,20)21/h4-5,10,12,17H,6-9H2,1-3H3/t12-/m1/s1. The van der Waals surface area contributed by atoms with Gasteiger partial charge in [-0.15, -0.1) is 0 Å². The number of rotatable bonds is 5. The van der Waals surface area contributed by atoms with Crippen molar-refractivity contribution in [2.75, 3.05) is 12.8 Å². The molecule has 0 saturated heterocycles. The first-order chi connectivity index (χ1) is 10.8. The van der Waals surface area contributed by atoms with Crippen molar-refractivity contribution in [1.29, 1.82) is 0 Å². The van der Waals surface area contributed by atoms with Crippen molar-refractivity contribution < 1.29 is 12.8 Å². The van der Waals surface area contributed by atoms with Gasteiger partial charge < -0.3 is 8.98 Å². The van der Waals surface area contributed by atoms with E-state index >= 15 is 0 Å². The Labute approximate surface area is 136 Å². The molecular weight excluding hydrogens is 316 g/mol. The lowest BCUT2D eigenvalue weighted by atomic mass is 10.0. The van der Waals surface area contributed by atoms with E-state index in [1.54, 1.807) is 0 Å². The third-order valence-electron chi connectivity index (χ3n) is 4.18. The highest BCUT2D eigenvalue weighted by atomic mass is 32.2. The van der Waals surface area contributed by atoms with Gasteiger partial charge in [0.2, 0.25) is 10.0 Å². The summed E-state index contributed by atoms with van der Waals surface area (Å²) in [6.07, 6.45) is 3.76. The second-order valence-corrected chi connectivity index (χ2v) is 7.98. The Bertz CT molecular complexity index is 794. The third kappa shape index (κ3) is 3.82. The minimum Gasteiger partial charge on any atom is -0.465 e. The summed E-state index contributed by atoms with van der Waals surface area (Å²) in [5.74, 6) is 1.76. The fraction of sp³-hybridized carbons (Fsp3) is 0.533. The Kier molecular flexibility index (Phi) is 4.31. The highest BCUT2D eigenvalue weighted by Gasteiger charge is 2.30. The van der Waals surface area contributed by atoms with E-state index in [2.05, 4.69) is 14.6 Å². The number of hydrogen-bond acceptors (Lipinski definition) is 5. The first kappa shape index (κ1) is 16.2. The van der Waals surface area contributed by atoms with Crippen LogP contribution in [0.4, 0.5) is 0 Å². The van der Waals surface area contributed by atoms with E-state index in [4.69, 9.17) is 4.42 Å². The highest BCUT2D eigenvalue weighted by Crippen LogP contribution is 2.24. The van der Waals surface area contributed by atoms with E-state index in [0.29, 0.717) is 19.6 Å². The van der Waals surface area contributed by atoms with Crippen molar-refractivity contribution in [2.24, 2.45) is 7.05 Å². The van der Waals surface area contributed by atoms with Crippen LogP contribution in [-0.2, 0) is 36.6 Å². The van der Waals surface area contributed by atoms with Gasteiger partial charge in [0.05, 0.1) is 24.8 Å². The second kappa shape index (κ2) is 6.10. The van der Waals surface area contributed by atoms with E-state index in [0.717, 1.165) is 29.3 Å². The number of sulfonamides is 1. The molecule has 0 aliphatic carbocycles. The molecule has 2 aromatic rings. The highest BCUT2D eigenvalue weighted by molar-refractivity contribution is 7.88. The summed E-state index contributed by atoms with van der Waals surface area (Å²) in [5, 5.41) is 0. The first-order valence-electron chi connectivity index (χ1n) is 7.55. The van der Waals surface area contributed by atoms with Crippen LogP contribution < -0.4 is 4.72 Å². The molecule has 0 fully saturated rings. The molecule has 3 heterocycles. The van der Waals surface area contributed by atoms with E-state index in [-0.39, 0.29) is 6.04 Å². The lowest BCUT2D eigenvalue weighted by Crippen LogP contribution is -2.47. The number of fused-ring (bicyclic) bond motifs is 1. The second-order valence-electron chi connectivity index (χ2n) is 6.14. The summed E-state index contributed by atoms with van der Waals surface area (Å²) in [7, 11) is -1.24. The zero-order valence-electron chi connectivity index (χ0n) is 13.6. The van der Waals surface area contributed by atoms with Crippen molar-refractivity contribution in [2.45, 2.75) is 32.5 Å². The van der Waals surface area contributed by atoms with Crippen molar-refractivity contribution in [3.8, 4) is 0 Å². The monoisotopic (exact) mass is 338 g/mol. The van der Waals surface area contributed by atoms with Crippen LogP contribution in [-0.4, -0.2) is 41.7 Å². The quantitative estimate of drug-likeness (QED) is 0.872. The average Bonchev–Trinajstić information content (AvgIpc) is 3.02. The summed E-state index contributed by atoms with van der Waals surface area (Å²) >= 11 is 0. The Hall–Kier alpha value is -1.64. The van der Waals surface area contributed by atoms with Gasteiger partial charge in [-0.3, -0.25) is 4.90 Å². The Morgan fingerprint density at radius 1 is 1.43 bits per heavy atom. The maximum Gasteiger partial charge on any atom is 0.208 e. The summed E-state index contributed by atoms with van der Waals surface area (Å²) in [5.41, 5.74) is 2.21. The van der Waals surface area contributed by atoms with E-state index in [1.165, 1.54) is 6.26 Å². The van der Waals surface area contributed by atoms with Gasteiger partial charge >= 0.3 is 0 Å². The molecule has 3 rings (SSSR count). The van der Waals surface area contributed by atoms with Crippen molar-refractivity contribution in [3.05, 3.63) is 41.4 Å². The molecule has 0 radical (unpaired) electrons. The van der Waals surface area contributed by atoms with E-state index < -0.39 is 10.0 Å². The van der Waals surface area contributed by atoms with Crippen molar-refractivity contribution in [1.82, 2.24) is 19.2 Å². The van der Waals surface area contributed by atoms with Crippen LogP contribution in [0.3, 0.4) is 0 Å². The smallest absolute Gasteiger partial charge is 0.208 e. The minimum absolute atomic E-state index is 0.0676.